The molecule has 1 N–H and O–H groups in total. The number of carbonyl (C=O) groups is 2. The second-order valence-corrected chi connectivity index (χ2v) is 4.02. The van der Waals surface area contributed by atoms with Crippen molar-refractivity contribution >= 4 is 11.9 Å². The molecule has 98 valence electrons. The fourth-order valence-corrected chi connectivity index (χ4v) is 1.74. The minimum absolute atomic E-state index is 0.210. The normalized spacial score (nSPS) is 11.8. The Labute approximate surface area is 107 Å². The second kappa shape index (κ2) is 7.48. The number of ether oxygens (including phenoxy) is 1. The van der Waals surface area contributed by atoms with Gasteiger partial charge in [0.2, 0.25) is 0 Å². The molecule has 0 amide bonds. The van der Waals surface area contributed by atoms with Crippen LogP contribution in [0.2, 0.25) is 0 Å². The third-order valence-corrected chi connectivity index (χ3v) is 2.67. The molecular weight excluding hydrogens is 232 g/mol. The zero-order chi connectivity index (χ0) is 13.4. The van der Waals surface area contributed by atoms with Crippen molar-refractivity contribution in [3.63, 3.8) is 0 Å². The summed E-state index contributed by atoms with van der Waals surface area (Å²) in [6.07, 6.45) is 1.73. The van der Waals surface area contributed by atoms with E-state index in [-0.39, 0.29) is 6.61 Å². The molecule has 4 nitrogen and oxygen atoms in total. The Hall–Kier alpha value is -1.84. The Kier molecular flexibility index (Phi) is 5.91. The lowest BCUT2D eigenvalue weighted by Gasteiger charge is -2.10. The fourth-order valence-electron chi connectivity index (χ4n) is 1.74. The van der Waals surface area contributed by atoms with Crippen molar-refractivity contribution in [2.75, 3.05) is 6.61 Å². The zero-order valence-corrected chi connectivity index (χ0v) is 10.5. The molecule has 4 heteroatoms. The number of aliphatic carboxylic acids is 1. The van der Waals surface area contributed by atoms with E-state index >= 15 is 0 Å². The SMILES string of the molecule is CCOC(=O)[C@@H](CCCc1ccccc1)C(=O)O. The van der Waals surface area contributed by atoms with E-state index < -0.39 is 17.9 Å². The summed E-state index contributed by atoms with van der Waals surface area (Å²) in [5.41, 5.74) is 1.14. The van der Waals surface area contributed by atoms with Crippen LogP contribution in [0.15, 0.2) is 30.3 Å². The molecule has 0 aromatic heterocycles. The average Bonchev–Trinajstić information content (AvgIpc) is 2.35. The van der Waals surface area contributed by atoms with E-state index in [2.05, 4.69) is 0 Å². The Morgan fingerprint density at radius 1 is 1.28 bits per heavy atom. The summed E-state index contributed by atoms with van der Waals surface area (Å²) >= 11 is 0. The number of esters is 1. The summed E-state index contributed by atoms with van der Waals surface area (Å²) in [6, 6.07) is 9.78. The lowest BCUT2D eigenvalue weighted by molar-refractivity contribution is -0.158. The maximum Gasteiger partial charge on any atom is 0.320 e. The molecule has 0 aliphatic carbocycles. The van der Waals surface area contributed by atoms with Gasteiger partial charge in [0.1, 0.15) is 0 Å². The highest BCUT2D eigenvalue weighted by Crippen LogP contribution is 2.13. The molecule has 0 saturated heterocycles. The van der Waals surface area contributed by atoms with Crippen LogP contribution in [0.4, 0.5) is 0 Å². The van der Waals surface area contributed by atoms with Crippen LogP contribution in [0.1, 0.15) is 25.3 Å². The van der Waals surface area contributed by atoms with E-state index in [1.165, 1.54) is 0 Å². The zero-order valence-electron chi connectivity index (χ0n) is 10.5. The van der Waals surface area contributed by atoms with Crippen molar-refractivity contribution in [2.45, 2.75) is 26.2 Å². The van der Waals surface area contributed by atoms with Crippen molar-refractivity contribution in [1.82, 2.24) is 0 Å². The van der Waals surface area contributed by atoms with Gasteiger partial charge < -0.3 is 9.84 Å². The molecule has 1 aromatic carbocycles. The van der Waals surface area contributed by atoms with Gasteiger partial charge in [-0.15, -0.1) is 0 Å². The van der Waals surface area contributed by atoms with Crippen molar-refractivity contribution in [1.29, 1.82) is 0 Å². The van der Waals surface area contributed by atoms with Gasteiger partial charge in [0.05, 0.1) is 6.61 Å². The monoisotopic (exact) mass is 250 g/mol. The smallest absolute Gasteiger partial charge is 0.320 e. The molecule has 1 aromatic rings. The summed E-state index contributed by atoms with van der Waals surface area (Å²) < 4.78 is 4.75. The predicted molar refractivity (Wildman–Crippen MR) is 67.1 cm³/mol. The third-order valence-electron chi connectivity index (χ3n) is 2.67. The van der Waals surface area contributed by atoms with E-state index in [0.717, 1.165) is 12.0 Å². The largest absolute Gasteiger partial charge is 0.481 e. The molecular formula is C14H18O4. The lowest BCUT2D eigenvalue weighted by atomic mass is 10.00. The topological polar surface area (TPSA) is 63.6 Å². The molecule has 1 atom stereocenters. The van der Waals surface area contributed by atoms with Crippen LogP contribution in [0, 0.1) is 5.92 Å². The Morgan fingerprint density at radius 3 is 2.50 bits per heavy atom. The molecule has 0 fully saturated rings. The number of carboxylic acid groups (broad SMARTS) is 1. The molecule has 0 saturated carbocycles. The van der Waals surface area contributed by atoms with Gasteiger partial charge in [-0.2, -0.15) is 0 Å². The van der Waals surface area contributed by atoms with E-state index in [4.69, 9.17) is 9.84 Å². The summed E-state index contributed by atoms with van der Waals surface area (Å²) in [7, 11) is 0. The highest BCUT2D eigenvalue weighted by molar-refractivity contribution is 5.93. The van der Waals surface area contributed by atoms with E-state index in [1.807, 2.05) is 30.3 Å². The number of aryl methyl sites for hydroxylation is 1. The van der Waals surface area contributed by atoms with Gasteiger partial charge in [-0.3, -0.25) is 9.59 Å². The van der Waals surface area contributed by atoms with Gasteiger partial charge >= 0.3 is 11.9 Å². The van der Waals surface area contributed by atoms with Crippen LogP contribution in [-0.2, 0) is 20.7 Å². The first-order chi connectivity index (χ1) is 8.65. The number of carbonyl (C=O) groups excluding carboxylic acids is 1. The van der Waals surface area contributed by atoms with Crippen LogP contribution in [0.5, 0.6) is 0 Å². The Bertz CT molecular complexity index is 386. The van der Waals surface area contributed by atoms with Crippen LogP contribution >= 0.6 is 0 Å². The van der Waals surface area contributed by atoms with Crippen molar-refractivity contribution in [2.24, 2.45) is 5.92 Å². The highest BCUT2D eigenvalue weighted by atomic mass is 16.5. The first-order valence-corrected chi connectivity index (χ1v) is 6.08. The third kappa shape index (κ3) is 4.57. The van der Waals surface area contributed by atoms with Crippen LogP contribution in [0.25, 0.3) is 0 Å². The number of benzene rings is 1. The van der Waals surface area contributed by atoms with Gasteiger partial charge in [-0.1, -0.05) is 30.3 Å². The predicted octanol–water partition coefficient (Wildman–Crippen LogP) is 2.27. The van der Waals surface area contributed by atoms with Crippen molar-refractivity contribution in [3.8, 4) is 0 Å². The molecule has 0 bridgehead atoms. The fraction of sp³-hybridized carbons (Fsp3) is 0.429. The summed E-state index contributed by atoms with van der Waals surface area (Å²) in [4.78, 5) is 22.4. The van der Waals surface area contributed by atoms with Crippen molar-refractivity contribution in [3.05, 3.63) is 35.9 Å². The number of hydrogen-bond donors (Lipinski definition) is 1. The molecule has 0 aliphatic rings. The number of carboxylic acids is 1. The van der Waals surface area contributed by atoms with E-state index in [9.17, 15) is 9.59 Å². The molecule has 1 rings (SSSR count). The molecule has 0 radical (unpaired) electrons. The lowest BCUT2D eigenvalue weighted by Crippen LogP contribution is -2.26. The maximum atomic E-state index is 11.4. The maximum absolute atomic E-state index is 11.4. The molecule has 0 unspecified atom stereocenters. The van der Waals surface area contributed by atoms with Gasteiger partial charge in [0.25, 0.3) is 0 Å². The van der Waals surface area contributed by atoms with Crippen molar-refractivity contribution < 1.29 is 19.4 Å². The first kappa shape index (κ1) is 14.2. The number of hydrogen-bond acceptors (Lipinski definition) is 3. The quantitative estimate of drug-likeness (QED) is 0.595. The molecule has 0 heterocycles. The molecule has 0 spiro atoms. The van der Waals surface area contributed by atoms with Gasteiger partial charge in [-0.25, -0.2) is 0 Å². The summed E-state index contributed by atoms with van der Waals surface area (Å²) in [6.45, 7) is 1.88. The number of rotatable bonds is 7. The highest BCUT2D eigenvalue weighted by Gasteiger charge is 2.26. The summed E-state index contributed by atoms with van der Waals surface area (Å²) in [5, 5.41) is 8.97. The molecule has 0 aliphatic heterocycles. The van der Waals surface area contributed by atoms with Gasteiger partial charge in [0, 0.05) is 0 Å². The van der Waals surface area contributed by atoms with Gasteiger partial charge in [-0.05, 0) is 31.7 Å². The minimum atomic E-state index is -1.11. The first-order valence-electron chi connectivity index (χ1n) is 6.08. The van der Waals surface area contributed by atoms with Crippen LogP contribution in [0.3, 0.4) is 0 Å². The van der Waals surface area contributed by atoms with Crippen LogP contribution < -0.4 is 0 Å². The average molecular weight is 250 g/mol. The Balaban J connectivity index is 2.43. The van der Waals surface area contributed by atoms with Crippen LogP contribution in [-0.4, -0.2) is 23.7 Å². The van der Waals surface area contributed by atoms with E-state index in [0.29, 0.717) is 12.8 Å². The minimum Gasteiger partial charge on any atom is -0.481 e. The Morgan fingerprint density at radius 2 is 1.94 bits per heavy atom. The van der Waals surface area contributed by atoms with Gasteiger partial charge in [0.15, 0.2) is 5.92 Å². The standard InChI is InChI=1S/C14H18O4/c1-2-18-14(17)12(13(15)16)10-6-9-11-7-4-3-5-8-11/h3-5,7-8,12H,2,6,9-10H2,1H3,(H,15,16)/t12-/m0/s1. The second-order valence-electron chi connectivity index (χ2n) is 4.02. The molecule has 18 heavy (non-hydrogen) atoms. The van der Waals surface area contributed by atoms with E-state index in [1.54, 1.807) is 6.92 Å². The summed E-state index contributed by atoms with van der Waals surface area (Å²) in [5.74, 6) is -2.80.